The quantitative estimate of drug-likeness (QED) is 0.803. The van der Waals surface area contributed by atoms with Crippen LogP contribution >= 0.6 is 0 Å². The van der Waals surface area contributed by atoms with Gasteiger partial charge in [-0.1, -0.05) is 49.4 Å². The average molecular weight is 327 g/mol. The van der Waals surface area contributed by atoms with E-state index in [1.807, 2.05) is 49.4 Å². The van der Waals surface area contributed by atoms with Crippen LogP contribution < -0.4 is 5.32 Å². The lowest BCUT2D eigenvalue weighted by atomic mass is 9.97. The molecule has 0 radical (unpaired) electrons. The largest absolute Gasteiger partial charge is 0.481 e. The average Bonchev–Trinajstić information content (AvgIpc) is 2.60. The van der Waals surface area contributed by atoms with E-state index in [-0.39, 0.29) is 12.5 Å². The fraction of sp³-hybridized carbons (Fsp3) is 0.263. The molecule has 0 bridgehead atoms. The number of carbonyl (C=O) groups excluding carboxylic acids is 1. The number of aliphatic carboxylic acids is 1. The van der Waals surface area contributed by atoms with Crippen LogP contribution in [-0.2, 0) is 22.6 Å². The van der Waals surface area contributed by atoms with Crippen molar-refractivity contribution in [3.05, 3.63) is 65.7 Å². The van der Waals surface area contributed by atoms with Crippen molar-refractivity contribution in [2.45, 2.75) is 26.4 Å². The van der Waals surface area contributed by atoms with Gasteiger partial charge in [0.25, 0.3) is 0 Å². The topological polar surface area (TPSA) is 75.6 Å². The molecule has 2 aromatic carbocycles. The summed E-state index contributed by atoms with van der Waals surface area (Å²) in [6.07, 6.45) is 0.537. The van der Waals surface area contributed by atoms with Crippen LogP contribution in [0, 0.1) is 5.92 Å². The van der Waals surface area contributed by atoms with Gasteiger partial charge >= 0.3 is 12.1 Å². The van der Waals surface area contributed by atoms with Crippen molar-refractivity contribution >= 4 is 17.7 Å². The molecule has 2 rings (SSSR count). The van der Waals surface area contributed by atoms with Crippen LogP contribution in [0.2, 0.25) is 0 Å². The van der Waals surface area contributed by atoms with Gasteiger partial charge in [-0.15, -0.1) is 0 Å². The second-order valence-electron chi connectivity index (χ2n) is 5.53. The number of hydrogen-bond acceptors (Lipinski definition) is 3. The summed E-state index contributed by atoms with van der Waals surface area (Å²) in [6, 6.07) is 16.6. The number of amides is 1. The second kappa shape index (κ2) is 8.72. The maximum atomic E-state index is 11.8. The molecule has 24 heavy (non-hydrogen) atoms. The van der Waals surface area contributed by atoms with Gasteiger partial charge in [0.15, 0.2) is 0 Å². The summed E-state index contributed by atoms with van der Waals surface area (Å²) < 4.78 is 5.15. The fourth-order valence-electron chi connectivity index (χ4n) is 2.29. The molecule has 0 aliphatic heterocycles. The zero-order chi connectivity index (χ0) is 17.4. The molecule has 1 atom stereocenters. The third kappa shape index (κ3) is 5.43. The van der Waals surface area contributed by atoms with E-state index in [9.17, 15) is 9.59 Å². The first kappa shape index (κ1) is 17.5. The SMILES string of the molecule is CCC(Cc1ccc(NC(=O)OCc2ccccc2)cc1)C(=O)O. The second-order valence-corrected chi connectivity index (χ2v) is 5.53. The van der Waals surface area contributed by atoms with Gasteiger partial charge < -0.3 is 9.84 Å². The van der Waals surface area contributed by atoms with E-state index >= 15 is 0 Å². The predicted molar refractivity (Wildman–Crippen MR) is 91.8 cm³/mol. The van der Waals surface area contributed by atoms with Crippen LogP contribution in [0.15, 0.2) is 54.6 Å². The van der Waals surface area contributed by atoms with Gasteiger partial charge in [0.05, 0.1) is 5.92 Å². The number of hydrogen-bond donors (Lipinski definition) is 2. The lowest BCUT2D eigenvalue weighted by Crippen LogP contribution is -2.15. The smallest absolute Gasteiger partial charge is 0.411 e. The van der Waals surface area contributed by atoms with E-state index < -0.39 is 12.1 Å². The van der Waals surface area contributed by atoms with Gasteiger partial charge in [0.2, 0.25) is 0 Å². The summed E-state index contributed by atoms with van der Waals surface area (Å²) in [5.74, 6) is -1.18. The number of carboxylic acid groups (broad SMARTS) is 1. The van der Waals surface area contributed by atoms with Crippen molar-refractivity contribution in [3.8, 4) is 0 Å². The van der Waals surface area contributed by atoms with Crippen LogP contribution in [0.3, 0.4) is 0 Å². The summed E-state index contributed by atoms with van der Waals surface area (Å²) in [5.41, 5.74) is 2.45. The van der Waals surface area contributed by atoms with Crippen molar-refractivity contribution in [1.82, 2.24) is 0 Å². The van der Waals surface area contributed by atoms with Gasteiger partial charge in [-0.05, 0) is 36.1 Å². The number of carboxylic acids is 1. The molecule has 1 unspecified atom stereocenters. The molecule has 5 nitrogen and oxygen atoms in total. The molecule has 0 saturated carbocycles. The zero-order valence-electron chi connectivity index (χ0n) is 13.6. The number of carbonyl (C=O) groups is 2. The number of rotatable bonds is 7. The number of benzene rings is 2. The molecule has 0 aliphatic carbocycles. The normalized spacial score (nSPS) is 11.5. The molecule has 2 aromatic rings. The first-order chi connectivity index (χ1) is 11.6. The number of nitrogens with one attached hydrogen (secondary N) is 1. The van der Waals surface area contributed by atoms with E-state index in [1.54, 1.807) is 12.1 Å². The molecule has 0 aliphatic rings. The van der Waals surface area contributed by atoms with E-state index in [0.29, 0.717) is 18.5 Å². The standard InChI is InChI=1S/C19H21NO4/c1-2-16(18(21)22)12-14-8-10-17(11-9-14)20-19(23)24-13-15-6-4-3-5-7-15/h3-11,16H,2,12-13H2,1H3,(H,20,23)(H,21,22). The van der Waals surface area contributed by atoms with E-state index in [4.69, 9.17) is 9.84 Å². The molecule has 0 aromatic heterocycles. The molecule has 5 heteroatoms. The Morgan fingerprint density at radius 3 is 2.29 bits per heavy atom. The third-order valence-electron chi connectivity index (χ3n) is 3.74. The van der Waals surface area contributed by atoms with E-state index in [2.05, 4.69) is 5.32 Å². The van der Waals surface area contributed by atoms with Crippen LogP contribution in [0.5, 0.6) is 0 Å². The molecular formula is C19H21NO4. The molecule has 0 fully saturated rings. The summed E-state index contributed by atoms with van der Waals surface area (Å²) in [5, 5.41) is 11.7. The molecule has 0 spiro atoms. The van der Waals surface area contributed by atoms with Crippen molar-refractivity contribution < 1.29 is 19.4 Å². The summed E-state index contributed by atoms with van der Waals surface area (Å²) in [6.45, 7) is 2.07. The van der Waals surface area contributed by atoms with E-state index in [0.717, 1.165) is 11.1 Å². The highest BCUT2D eigenvalue weighted by Gasteiger charge is 2.15. The number of anilines is 1. The van der Waals surface area contributed by atoms with Gasteiger partial charge in [-0.2, -0.15) is 0 Å². The van der Waals surface area contributed by atoms with Crippen molar-refractivity contribution in [2.75, 3.05) is 5.32 Å². The lowest BCUT2D eigenvalue weighted by Gasteiger charge is -2.11. The van der Waals surface area contributed by atoms with Gasteiger partial charge in [-0.3, -0.25) is 10.1 Å². The third-order valence-corrected chi connectivity index (χ3v) is 3.74. The van der Waals surface area contributed by atoms with Gasteiger partial charge in [0, 0.05) is 5.69 Å². The minimum absolute atomic E-state index is 0.210. The fourth-order valence-corrected chi connectivity index (χ4v) is 2.29. The number of ether oxygens (including phenoxy) is 1. The van der Waals surface area contributed by atoms with Crippen molar-refractivity contribution in [2.24, 2.45) is 5.92 Å². The molecule has 0 saturated heterocycles. The molecule has 126 valence electrons. The Morgan fingerprint density at radius 2 is 1.71 bits per heavy atom. The molecule has 2 N–H and O–H groups in total. The summed E-state index contributed by atoms with van der Waals surface area (Å²) >= 11 is 0. The van der Waals surface area contributed by atoms with Gasteiger partial charge in [0.1, 0.15) is 6.61 Å². The first-order valence-electron chi connectivity index (χ1n) is 7.88. The molecular weight excluding hydrogens is 306 g/mol. The van der Waals surface area contributed by atoms with Crippen LogP contribution in [0.25, 0.3) is 0 Å². The monoisotopic (exact) mass is 327 g/mol. The predicted octanol–water partition coefficient (Wildman–Crippen LogP) is 4.09. The van der Waals surface area contributed by atoms with E-state index in [1.165, 1.54) is 0 Å². The maximum absolute atomic E-state index is 11.8. The Hall–Kier alpha value is -2.82. The minimum atomic E-state index is -0.788. The highest BCUT2D eigenvalue weighted by atomic mass is 16.5. The zero-order valence-corrected chi connectivity index (χ0v) is 13.6. The first-order valence-corrected chi connectivity index (χ1v) is 7.88. The Kier molecular flexibility index (Phi) is 6.37. The Bertz CT molecular complexity index is 668. The van der Waals surface area contributed by atoms with Crippen molar-refractivity contribution in [1.29, 1.82) is 0 Å². The maximum Gasteiger partial charge on any atom is 0.411 e. The van der Waals surface area contributed by atoms with Crippen LogP contribution in [0.4, 0.5) is 10.5 Å². The highest BCUT2D eigenvalue weighted by Crippen LogP contribution is 2.16. The van der Waals surface area contributed by atoms with Gasteiger partial charge in [-0.25, -0.2) is 4.79 Å². The highest BCUT2D eigenvalue weighted by molar-refractivity contribution is 5.84. The van der Waals surface area contributed by atoms with Crippen molar-refractivity contribution in [3.63, 3.8) is 0 Å². The Morgan fingerprint density at radius 1 is 1.04 bits per heavy atom. The Labute approximate surface area is 141 Å². The molecule has 0 heterocycles. The minimum Gasteiger partial charge on any atom is -0.481 e. The molecule has 1 amide bonds. The van der Waals surface area contributed by atoms with Crippen LogP contribution in [-0.4, -0.2) is 17.2 Å². The van der Waals surface area contributed by atoms with Crippen LogP contribution in [0.1, 0.15) is 24.5 Å². The summed E-state index contributed by atoms with van der Waals surface area (Å²) in [7, 11) is 0. The summed E-state index contributed by atoms with van der Waals surface area (Å²) in [4.78, 5) is 22.8. The Balaban J connectivity index is 1.84. The lowest BCUT2D eigenvalue weighted by molar-refractivity contribution is -0.141.